The van der Waals surface area contributed by atoms with E-state index in [1.54, 1.807) is 32.4 Å². The van der Waals surface area contributed by atoms with E-state index in [4.69, 9.17) is 14.2 Å². The molecule has 3 rings (SSSR count). The van der Waals surface area contributed by atoms with Gasteiger partial charge >= 0.3 is 0 Å². The van der Waals surface area contributed by atoms with Crippen molar-refractivity contribution in [1.29, 1.82) is 0 Å². The summed E-state index contributed by atoms with van der Waals surface area (Å²) in [4.78, 5) is 12.5. The molecule has 0 spiro atoms. The standard InChI is InChI=1S/C24H32N2O6S/c1-17(18-9-14-22(30-2)23(15-18)31-3)25-24(27)16-32-20-10-12-21(13-11-20)33(28,29)26-19-7-5-4-6-8-19/h9-15,17,19,26H,4-8,16H2,1-3H3,(H,25,27). The first-order chi connectivity index (χ1) is 15.8. The van der Waals surface area contributed by atoms with Crippen LogP contribution in [0.1, 0.15) is 50.6 Å². The van der Waals surface area contributed by atoms with Crippen molar-refractivity contribution in [3.63, 3.8) is 0 Å². The number of hydrogen-bond donors (Lipinski definition) is 2. The molecular formula is C24H32N2O6S. The number of rotatable bonds is 10. The topological polar surface area (TPSA) is 103 Å². The highest BCUT2D eigenvalue weighted by Crippen LogP contribution is 2.30. The second kappa shape index (κ2) is 11.4. The lowest BCUT2D eigenvalue weighted by Crippen LogP contribution is -2.36. The van der Waals surface area contributed by atoms with Crippen LogP contribution in [0.15, 0.2) is 47.4 Å². The normalized spacial score (nSPS) is 15.5. The van der Waals surface area contributed by atoms with Crippen molar-refractivity contribution in [3.8, 4) is 17.2 Å². The molecule has 1 fully saturated rings. The summed E-state index contributed by atoms with van der Waals surface area (Å²) in [5.41, 5.74) is 0.862. The van der Waals surface area contributed by atoms with E-state index in [1.165, 1.54) is 12.1 Å². The highest BCUT2D eigenvalue weighted by molar-refractivity contribution is 7.89. The highest BCUT2D eigenvalue weighted by atomic mass is 32.2. The molecule has 1 amide bonds. The summed E-state index contributed by atoms with van der Waals surface area (Å²) in [6.45, 7) is 1.67. The van der Waals surface area contributed by atoms with Gasteiger partial charge in [-0.2, -0.15) is 0 Å². The Morgan fingerprint density at radius 2 is 1.67 bits per heavy atom. The molecule has 0 aromatic heterocycles. The molecule has 1 aliphatic carbocycles. The average molecular weight is 477 g/mol. The van der Waals surface area contributed by atoms with Crippen LogP contribution in [0.5, 0.6) is 17.2 Å². The van der Waals surface area contributed by atoms with Gasteiger partial charge in [-0.05, 0) is 61.7 Å². The molecular weight excluding hydrogens is 444 g/mol. The van der Waals surface area contributed by atoms with E-state index in [0.717, 1.165) is 37.7 Å². The Bertz CT molecular complexity index is 1030. The number of nitrogens with one attached hydrogen (secondary N) is 2. The van der Waals surface area contributed by atoms with Crippen molar-refractivity contribution in [2.75, 3.05) is 20.8 Å². The zero-order chi connectivity index (χ0) is 23.8. The number of benzene rings is 2. The molecule has 2 aromatic rings. The molecule has 9 heteroatoms. The van der Waals surface area contributed by atoms with Crippen LogP contribution in [0.25, 0.3) is 0 Å². The molecule has 33 heavy (non-hydrogen) atoms. The zero-order valence-corrected chi connectivity index (χ0v) is 20.1. The number of ether oxygens (including phenoxy) is 3. The van der Waals surface area contributed by atoms with Gasteiger partial charge in [0.05, 0.1) is 25.2 Å². The summed E-state index contributed by atoms with van der Waals surface area (Å²) in [7, 11) is -0.448. The van der Waals surface area contributed by atoms with Gasteiger partial charge in [0.2, 0.25) is 10.0 Å². The summed E-state index contributed by atoms with van der Waals surface area (Å²) in [5, 5.41) is 2.87. The van der Waals surface area contributed by atoms with Crippen LogP contribution < -0.4 is 24.2 Å². The molecule has 180 valence electrons. The maximum atomic E-state index is 12.6. The van der Waals surface area contributed by atoms with Gasteiger partial charge in [0.15, 0.2) is 18.1 Å². The lowest BCUT2D eigenvalue weighted by Gasteiger charge is -2.22. The second-order valence-electron chi connectivity index (χ2n) is 8.12. The molecule has 1 saturated carbocycles. The molecule has 2 N–H and O–H groups in total. The van der Waals surface area contributed by atoms with Crippen molar-refractivity contribution < 1.29 is 27.4 Å². The number of hydrogen-bond acceptors (Lipinski definition) is 6. The third kappa shape index (κ3) is 6.85. The van der Waals surface area contributed by atoms with Gasteiger partial charge in [-0.1, -0.05) is 25.3 Å². The largest absolute Gasteiger partial charge is 0.493 e. The summed E-state index contributed by atoms with van der Waals surface area (Å²) in [6, 6.07) is 11.3. The van der Waals surface area contributed by atoms with Crippen LogP contribution in [0.3, 0.4) is 0 Å². The van der Waals surface area contributed by atoms with Crippen molar-refractivity contribution in [2.24, 2.45) is 0 Å². The molecule has 0 bridgehead atoms. The Morgan fingerprint density at radius 1 is 1.00 bits per heavy atom. The number of methoxy groups -OCH3 is 2. The molecule has 1 unspecified atom stereocenters. The van der Waals surface area contributed by atoms with E-state index in [1.807, 2.05) is 19.1 Å². The summed E-state index contributed by atoms with van der Waals surface area (Å²) < 4.78 is 44.0. The molecule has 0 aliphatic heterocycles. The molecule has 1 aliphatic rings. The maximum Gasteiger partial charge on any atom is 0.258 e. The minimum Gasteiger partial charge on any atom is -0.493 e. The van der Waals surface area contributed by atoms with E-state index < -0.39 is 10.0 Å². The first-order valence-electron chi connectivity index (χ1n) is 11.1. The van der Waals surface area contributed by atoms with Gasteiger partial charge in [0.1, 0.15) is 5.75 Å². The van der Waals surface area contributed by atoms with Gasteiger partial charge in [0, 0.05) is 6.04 Å². The fourth-order valence-electron chi connectivity index (χ4n) is 3.86. The first kappa shape index (κ1) is 24.9. The minimum absolute atomic E-state index is 0.00367. The lowest BCUT2D eigenvalue weighted by atomic mass is 9.96. The Balaban J connectivity index is 1.52. The fourth-order valence-corrected chi connectivity index (χ4v) is 5.17. The molecule has 2 aromatic carbocycles. The van der Waals surface area contributed by atoms with E-state index in [0.29, 0.717) is 17.2 Å². The van der Waals surface area contributed by atoms with Crippen LogP contribution >= 0.6 is 0 Å². The van der Waals surface area contributed by atoms with Crippen LogP contribution in [0.2, 0.25) is 0 Å². The van der Waals surface area contributed by atoms with Crippen LogP contribution in [0.4, 0.5) is 0 Å². The van der Waals surface area contributed by atoms with Gasteiger partial charge in [-0.3, -0.25) is 4.79 Å². The van der Waals surface area contributed by atoms with Crippen molar-refractivity contribution in [1.82, 2.24) is 10.0 Å². The van der Waals surface area contributed by atoms with E-state index in [9.17, 15) is 13.2 Å². The second-order valence-corrected chi connectivity index (χ2v) is 9.83. The predicted octanol–water partition coefficient (Wildman–Crippen LogP) is 3.57. The molecule has 8 nitrogen and oxygen atoms in total. The Morgan fingerprint density at radius 3 is 2.30 bits per heavy atom. The van der Waals surface area contributed by atoms with Gasteiger partial charge in [0.25, 0.3) is 5.91 Å². The van der Waals surface area contributed by atoms with Crippen molar-refractivity contribution in [2.45, 2.75) is 56.0 Å². The van der Waals surface area contributed by atoms with Crippen molar-refractivity contribution >= 4 is 15.9 Å². The SMILES string of the molecule is COc1ccc(C(C)NC(=O)COc2ccc(S(=O)(=O)NC3CCCCC3)cc2)cc1OC. The maximum absolute atomic E-state index is 12.6. The molecule has 0 radical (unpaired) electrons. The first-order valence-corrected chi connectivity index (χ1v) is 12.6. The molecule has 0 heterocycles. The predicted molar refractivity (Wildman–Crippen MR) is 125 cm³/mol. The monoisotopic (exact) mass is 476 g/mol. The lowest BCUT2D eigenvalue weighted by molar-refractivity contribution is -0.123. The summed E-state index contributed by atoms with van der Waals surface area (Å²) in [6.07, 6.45) is 5.00. The number of carbonyl (C=O) groups is 1. The number of amides is 1. The number of sulfonamides is 1. The Hall–Kier alpha value is -2.78. The van der Waals surface area contributed by atoms with Gasteiger partial charge in [-0.25, -0.2) is 13.1 Å². The Labute approximate surface area is 195 Å². The third-order valence-corrected chi connectivity index (χ3v) is 7.25. The van der Waals surface area contributed by atoms with Crippen LogP contribution in [-0.2, 0) is 14.8 Å². The number of carbonyl (C=O) groups excluding carboxylic acids is 1. The van der Waals surface area contributed by atoms with Crippen LogP contribution in [0, 0.1) is 0 Å². The molecule has 0 saturated heterocycles. The van der Waals surface area contributed by atoms with Crippen LogP contribution in [-0.4, -0.2) is 41.2 Å². The Kier molecular flexibility index (Phi) is 8.57. The van der Waals surface area contributed by atoms with Gasteiger partial charge < -0.3 is 19.5 Å². The quantitative estimate of drug-likeness (QED) is 0.543. The minimum atomic E-state index is -3.57. The van der Waals surface area contributed by atoms with E-state index in [-0.39, 0.29) is 29.5 Å². The highest BCUT2D eigenvalue weighted by Gasteiger charge is 2.22. The smallest absolute Gasteiger partial charge is 0.258 e. The van der Waals surface area contributed by atoms with E-state index in [2.05, 4.69) is 10.0 Å². The summed E-state index contributed by atoms with van der Waals surface area (Å²) >= 11 is 0. The van der Waals surface area contributed by atoms with Crippen molar-refractivity contribution in [3.05, 3.63) is 48.0 Å². The average Bonchev–Trinajstić information content (AvgIpc) is 2.82. The van der Waals surface area contributed by atoms with E-state index >= 15 is 0 Å². The fraction of sp³-hybridized carbons (Fsp3) is 0.458. The third-order valence-electron chi connectivity index (χ3n) is 5.72. The zero-order valence-electron chi connectivity index (χ0n) is 19.3. The summed E-state index contributed by atoms with van der Waals surface area (Å²) in [5.74, 6) is 1.32. The van der Waals surface area contributed by atoms with Gasteiger partial charge in [-0.15, -0.1) is 0 Å². The molecule has 1 atom stereocenters.